The van der Waals surface area contributed by atoms with Gasteiger partial charge in [0, 0.05) is 17.0 Å². The summed E-state index contributed by atoms with van der Waals surface area (Å²) in [6, 6.07) is 11.8. The Kier molecular flexibility index (Phi) is 6.15. The Morgan fingerprint density at radius 3 is 2.28 bits per heavy atom. The highest BCUT2D eigenvalue weighted by Gasteiger charge is 2.30. The van der Waals surface area contributed by atoms with Gasteiger partial charge in [-0.15, -0.1) is 0 Å². The van der Waals surface area contributed by atoms with E-state index >= 15 is 0 Å². The third-order valence-electron chi connectivity index (χ3n) is 5.61. The van der Waals surface area contributed by atoms with Crippen molar-refractivity contribution in [2.45, 2.75) is 58.8 Å². The normalized spacial score (nSPS) is 16.7. The van der Waals surface area contributed by atoms with Crippen molar-refractivity contribution in [1.29, 1.82) is 0 Å². The fraction of sp³-hybridized carbons (Fsp3) is 0.435. The maximum absolute atomic E-state index is 13.5. The summed E-state index contributed by atoms with van der Waals surface area (Å²) >= 11 is 0. The molecule has 1 aliphatic rings. The maximum Gasteiger partial charge on any atom is 0.380 e. The van der Waals surface area contributed by atoms with Crippen LogP contribution in [0.5, 0.6) is 5.75 Å². The van der Waals surface area contributed by atoms with Gasteiger partial charge in [-0.3, -0.25) is 4.79 Å². The van der Waals surface area contributed by atoms with E-state index in [1.54, 1.807) is 6.07 Å². The Balaban J connectivity index is 2.07. The summed E-state index contributed by atoms with van der Waals surface area (Å²) in [6.07, 6.45) is 2.35. The number of Topliss-reactive ketones (excluding diaryl/α,β-unsaturated/α-hetero) is 1. The second-order valence-corrected chi connectivity index (χ2v) is 9.56. The van der Waals surface area contributed by atoms with Crippen LogP contribution in [0.4, 0.5) is 0 Å². The first kappa shape index (κ1) is 21.5. The maximum atomic E-state index is 13.5. The number of fused-ring (bicyclic) bond motifs is 1. The standard InChI is InChI=1S/C23H29NO4S/c1-14(2)19-11-12-20(21(15(3)4)23(19)28-29(24,26)27)22(25)18-10-9-16-7-5-6-8-17(16)13-18/h5-8,11-12,14-15,18H,9-10,13H2,1-4H3,(H2,24,26,27). The fourth-order valence-electron chi connectivity index (χ4n) is 4.21. The molecule has 1 aliphatic carbocycles. The molecule has 0 aromatic heterocycles. The number of benzene rings is 2. The number of hydrogen-bond donors (Lipinski definition) is 1. The number of carbonyl (C=O) groups excluding carboxylic acids is 1. The summed E-state index contributed by atoms with van der Waals surface area (Å²) in [5.74, 6) is 0.0437. The summed E-state index contributed by atoms with van der Waals surface area (Å²) < 4.78 is 28.7. The molecular formula is C23H29NO4S. The predicted molar refractivity (Wildman–Crippen MR) is 115 cm³/mol. The molecule has 1 atom stereocenters. The molecule has 2 N–H and O–H groups in total. The topological polar surface area (TPSA) is 86.5 Å². The van der Waals surface area contributed by atoms with Gasteiger partial charge in [0.05, 0.1) is 0 Å². The van der Waals surface area contributed by atoms with E-state index in [-0.39, 0.29) is 29.3 Å². The monoisotopic (exact) mass is 415 g/mol. The van der Waals surface area contributed by atoms with E-state index in [9.17, 15) is 13.2 Å². The quantitative estimate of drug-likeness (QED) is 0.704. The van der Waals surface area contributed by atoms with Crippen molar-refractivity contribution in [3.8, 4) is 5.75 Å². The molecule has 2 aromatic carbocycles. The molecule has 2 aromatic rings. The molecule has 0 aliphatic heterocycles. The Bertz CT molecular complexity index is 1030. The van der Waals surface area contributed by atoms with Gasteiger partial charge < -0.3 is 4.18 Å². The van der Waals surface area contributed by atoms with Crippen LogP contribution in [0.15, 0.2) is 36.4 Å². The number of aryl methyl sites for hydroxylation is 1. The van der Waals surface area contributed by atoms with Crippen LogP contribution >= 0.6 is 0 Å². The van der Waals surface area contributed by atoms with E-state index in [0.29, 0.717) is 17.5 Å². The Hall–Kier alpha value is -2.18. The molecule has 156 valence electrons. The molecule has 0 bridgehead atoms. The summed E-state index contributed by atoms with van der Waals surface area (Å²) in [5.41, 5.74) is 4.40. The summed E-state index contributed by atoms with van der Waals surface area (Å²) in [6.45, 7) is 7.77. The fourth-order valence-corrected chi connectivity index (χ4v) is 4.63. The van der Waals surface area contributed by atoms with Crippen molar-refractivity contribution in [1.82, 2.24) is 0 Å². The zero-order valence-electron chi connectivity index (χ0n) is 17.4. The van der Waals surface area contributed by atoms with E-state index in [1.165, 1.54) is 11.1 Å². The summed E-state index contributed by atoms with van der Waals surface area (Å²) in [5, 5.41) is 5.19. The third-order valence-corrected chi connectivity index (χ3v) is 6.01. The van der Waals surface area contributed by atoms with Gasteiger partial charge in [0.1, 0.15) is 0 Å². The molecule has 0 radical (unpaired) electrons. The van der Waals surface area contributed by atoms with Gasteiger partial charge in [0.2, 0.25) is 0 Å². The van der Waals surface area contributed by atoms with Crippen LogP contribution in [0.25, 0.3) is 0 Å². The highest BCUT2D eigenvalue weighted by atomic mass is 32.2. The van der Waals surface area contributed by atoms with Gasteiger partial charge >= 0.3 is 10.3 Å². The third kappa shape index (κ3) is 4.70. The number of carbonyl (C=O) groups is 1. The summed E-state index contributed by atoms with van der Waals surface area (Å²) in [4.78, 5) is 13.5. The van der Waals surface area contributed by atoms with Crippen LogP contribution in [0.3, 0.4) is 0 Å². The van der Waals surface area contributed by atoms with Crippen molar-refractivity contribution in [2.24, 2.45) is 11.1 Å². The molecule has 0 amide bonds. The van der Waals surface area contributed by atoms with E-state index in [2.05, 4.69) is 12.1 Å². The molecule has 0 saturated carbocycles. The molecule has 0 fully saturated rings. The minimum atomic E-state index is -4.21. The molecule has 0 spiro atoms. The van der Waals surface area contributed by atoms with Crippen molar-refractivity contribution < 1.29 is 17.4 Å². The minimum Gasteiger partial charge on any atom is -0.370 e. The zero-order valence-corrected chi connectivity index (χ0v) is 18.3. The average molecular weight is 416 g/mol. The molecular weight excluding hydrogens is 386 g/mol. The molecule has 6 heteroatoms. The zero-order chi connectivity index (χ0) is 21.3. The first-order valence-corrected chi connectivity index (χ1v) is 11.6. The highest BCUT2D eigenvalue weighted by molar-refractivity contribution is 7.84. The summed E-state index contributed by atoms with van der Waals surface area (Å²) in [7, 11) is -4.21. The Morgan fingerprint density at radius 2 is 1.69 bits per heavy atom. The average Bonchev–Trinajstić information content (AvgIpc) is 2.64. The van der Waals surface area contributed by atoms with Crippen molar-refractivity contribution >= 4 is 16.1 Å². The van der Waals surface area contributed by atoms with E-state index in [4.69, 9.17) is 9.32 Å². The lowest BCUT2D eigenvalue weighted by Crippen LogP contribution is -2.25. The number of nitrogens with two attached hydrogens (primary N) is 1. The lowest BCUT2D eigenvalue weighted by molar-refractivity contribution is 0.0907. The van der Waals surface area contributed by atoms with Crippen molar-refractivity contribution in [2.75, 3.05) is 0 Å². The molecule has 5 nitrogen and oxygen atoms in total. The van der Waals surface area contributed by atoms with Crippen LogP contribution in [-0.4, -0.2) is 14.2 Å². The van der Waals surface area contributed by atoms with E-state index < -0.39 is 10.3 Å². The van der Waals surface area contributed by atoms with Crippen LogP contribution in [0.2, 0.25) is 0 Å². The lowest BCUT2D eigenvalue weighted by atomic mass is 9.78. The molecule has 0 saturated heterocycles. The van der Waals surface area contributed by atoms with E-state index in [0.717, 1.165) is 18.4 Å². The predicted octanol–water partition coefficient (Wildman–Crippen LogP) is 4.50. The number of rotatable bonds is 6. The molecule has 1 unspecified atom stereocenters. The first-order valence-electron chi connectivity index (χ1n) is 10.1. The molecule has 3 rings (SSSR count). The van der Waals surface area contributed by atoms with Crippen LogP contribution in [0, 0.1) is 5.92 Å². The molecule has 29 heavy (non-hydrogen) atoms. The SMILES string of the molecule is CC(C)c1ccc(C(=O)C2CCc3ccccc3C2)c(C(C)C)c1OS(N)(=O)=O. The van der Waals surface area contributed by atoms with Gasteiger partial charge in [-0.2, -0.15) is 13.6 Å². The van der Waals surface area contributed by atoms with Crippen LogP contribution in [-0.2, 0) is 23.1 Å². The van der Waals surface area contributed by atoms with Crippen LogP contribution in [0.1, 0.15) is 78.6 Å². The van der Waals surface area contributed by atoms with Gasteiger partial charge in [-0.1, -0.05) is 64.1 Å². The molecule has 0 heterocycles. The number of ketones is 1. The lowest BCUT2D eigenvalue weighted by Gasteiger charge is -2.26. The smallest absolute Gasteiger partial charge is 0.370 e. The number of hydrogen-bond acceptors (Lipinski definition) is 4. The van der Waals surface area contributed by atoms with Gasteiger partial charge in [0.15, 0.2) is 11.5 Å². The highest BCUT2D eigenvalue weighted by Crippen LogP contribution is 2.39. The van der Waals surface area contributed by atoms with Crippen molar-refractivity contribution in [3.05, 3.63) is 64.2 Å². The Labute approximate surface area is 173 Å². The van der Waals surface area contributed by atoms with Gasteiger partial charge in [-0.05, 0) is 47.8 Å². The largest absolute Gasteiger partial charge is 0.380 e. The van der Waals surface area contributed by atoms with Gasteiger partial charge in [-0.25, -0.2) is 0 Å². The first-order chi connectivity index (χ1) is 13.6. The second kappa shape index (κ2) is 8.28. The van der Waals surface area contributed by atoms with E-state index in [1.807, 2.05) is 45.9 Å². The Morgan fingerprint density at radius 1 is 1.03 bits per heavy atom. The van der Waals surface area contributed by atoms with Crippen LogP contribution < -0.4 is 9.32 Å². The van der Waals surface area contributed by atoms with Gasteiger partial charge in [0.25, 0.3) is 0 Å². The second-order valence-electron chi connectivity index (χ2n) is 8.40. The minimum absolute atomic E-state index is 0.0231. The van der Waals surface area contributed by atoms with Crippen molar-refractivity contribution in [3.63, 3.8) is 0 Å².